The highest BCUT2D eigenvalue weighted by molar-refractivity contribution is 5.07. The second kappa shape index (κ2) is 16.2. The van der Waals surface area contributed by atoms with Gasteiger partial charge in [0.15, 0.2) is 0 Å². The van der Waals surface area contributed by atoms with Gasteiger partial charge >= 0.3 is 0 Å². The summed E-state index contributed by atoms with van der Waals surface area (Å²) in [5, 5.41) is 0. The SMILES string of the molecule is C1CCC(C2CC3CCCC(C4CCCC5OC6C(C7CCC(N(C8CCCCC8)C8CCCC9C%10CCCCC%10CC98)CC7)CCCC6C54)C3C2)CC1. The van der Waals surface area contributed by atoms with Gasteiger partial charge in [-0.3, -0.25) is 4.90 Å². The standard InChI is InChI=1S/C52H85NO/c1-3-13-34(14-4-1)38-31-36-16-9-21-44(47(36)33-38)45-23-12-26-50-51(45)46-24-10-20-42(52(46)54-50)35-27-29-40(30-28-35)53(39-17-5-2-6-18-39)49-25-11-22-43-41-19-8-7-15-37(41)32-48(43)49/h34-52H,1-33H2. The summed E-state index contributed by atoms with van der Waals surface area (Å²) in [5.41, 5.74) is 0. The van der Waals surface area contributed by atoms with Crippen LogP contribution in [0.5, 0.6) is 0 Å². The Bertz CT molecular complexity index is 1230. The van der Waals surface area contributed by atoms with E-state index in [-0.39, 0.29) is 0 Å². The molecule has 0 aromatic rings. The number of ether oxygens (including phenoxy) is 1. The number of hydrogen-bond donors (Lipinski definition) is 0. The summed E-state index contributed by atoms with van der Waals surface area (Å²) in [7, 11) is 0. The van der Waals surface area contributed by atoms with Gasteiger partial charge in [0.1, 0.15) is 0 Å². The number of hydrogen-bond acceptors (Lipinski definition) is 2. The highest BCUT2D eigenvalue weighted by Crippen LogP contribution is 2.61. The van der Waals surface area contributed by atoms with Gasteiger partial charge < -0.3 is 4.74 Å². The maximum atomic E-state index is 7.53. The van der Waals surface area contributed by atoms with Crippen LogP contribution in [0.25, 0.3) is 0 Å². The van der Waals surface area contributed by atoms with Crippen molar-refractivity contribution in [2.45, 2.75) is 242 Å². The van der Waals surface area contributed by atoms with Gasteiger partial charge in [-0.25, -0.2) is 0 Å². The average Bonchev–Trinajstić information content (AvgIpc) is 3.96. The van der Waals surface area contributed by atoms with Crippen molar-refractivity contribution in [1.82, 2.24) is 4.90 Å². The molecule has 0 aromatic heterocycles. The Balaban J connectivity index is 0.772. The van der Waals surface area contributed by atoms with E-state index in [1.807, 2.05) is 0 Å². The number of fused-ring (bicyclic) bond motifs is 7. The lowest BCUT2D eigenvalue weighted by Gasteiger charge is -2.52. The van der Waals surface area contributed by atoms with Gasteiger partial charge in [0, 0.05) is 18.1 Å². The average molecular weight is 740 g/mol. The third kappa shape index (κ3) is 6.78. The summed E-state index contributed by atoms with van der Waals surface area (Å²) in [6.07, 6.45) is 52.2. The zero-order chi connectivity index (χ0) is 35.6. The molecule has 1 saturated heterocycles. The Morgan fingerprint density at radius 3 is 1.70 bits per heavy atom. The van der Waals surface area contributed by atoms with Crippen LogP contribution in [0.15, 0.2) is 0 Å². The lowest BCUT2D eigenvalue weighted by atomic mass is 9.57. The van der Waals surface area contributed by atoms with Gasteiger partial charge in [0.25, 0.3) is 0 Å². The summed E-state index contributed by atoms with van der Waals surface area (Å²) in [6, 6.07) is 2.75. The molecule has 0 aromatic carbocycles. The lowest BCUT2D eigenvalue weighted by molar-refractivity contribution is -0.0626. The molecule has 0 bridgehead atoms. The molecule has 1 heterocycles. The van der Waals surface area contributed by atoms with E-state index in [0.717, 1.165) is 101 Å². The van der Waals surface area contributed by atoms with Crippen LogP contribution in [0.1, 0.15) is 212 Å². The third-order valence-corrected chi connectivity index (χ3v) is 21.3. The first-order valence-corrected chi connectivity index (χ1v) is 26.2. The molecule has 1 aliphatic heterocycles. The minimum Gasteiger partial charge on any atom is -0.374 e. The maximum absolute atomic E-state index is 7.53. The Hall–Kier alpha value is -0.0800. The molecule has 0 N–H and O–H groups in total. The van der Waals surface area contributed by atoms with Crippen LogP contribution in [0, 0.1) is 82.9 Å². The van der Waals surface area contributed by atoms with Gasteiger partial charge in [-0.05, 0) is 192 Å². The molecule has 15 unspecified atom stereocenters. The van der Waals surface area contributed by atoms with E-state index in [0.29, 0.717) is 12.2 Å². The minimum atomic E-state index is 0.628. The summed E-state index contributed by atoms with van der Waals surface area (Å²) < 4.78 is 7.53. The molecule has 54 heavy (non-hydrogen) atoms. The first kappa shape index (κ1) is 37.0. The van der Waals surface area contributed by atoms with Crippen LogP contribution in [0.2, 0.25) is 0 Å². The second-order valence-electron chi connectivity index (χ2n) is 23.3. The van der Waals surface area contributed by atoms with Crippen molar-refractivity contribution in [3.8, 4) is 0 Å². The lowest BCUT2D eigenvalue weighted by Crippen LogP contribution is -2.56. The predicted octanol–water partition coefficient (Wildman–Crippen LogP) is 13.8. The fraction of sp³-hybridized carbons (Fsp3) is 1.00. The fourth-order valence-corrected chi connectivity index (χ4v) is 19.4. The molecule has 15 atom stereocenters. The van der Waals surface area contributed by atoms with Crippen LogP contribution in [0.3, 0.4) is 0 Å². The Labute approximate surface area is 333 Å². The van der Waals surface area contributed by atoms with Gasteiger partial charge in [-0.2, -0.15) is 0 Å². The second-order valence-corrected chi connectivity index (χ2v) is 23.3. The number of rotatable bonds is 6. The zero-order valence-corrected chi connectivity index (χ0v) is 35.2. The van der Waals surface area contributed by atoms with E-state index < -0.39 is 0 Å². The van der Waals surface area contributed by atoms with Crippen LogP contribution >= 0.6 is 0 Å². The third-order valence-electron chi connectivity index (χ3n) is 21.3. The van der Waals surface area contributed by atoms with E-state index in [9.17, 15) is 0 Å². The minimum absolute atomic E-state index is 0.628. The van der Waals surface area contributed by atoms with E-state index in [2.05, 4.69) is 4.90 Å². The first-order valence-electron chi connectivity index (χ1n) is 26.2. The normalized spacial score (nSPS) is 51.6. The predicted molar refractivity (Wildman–Crippen MR) is 223 cm³/mol. The van der Waals surface area contributed by atoms with Crippen LogP contribution in [0.4, 0.5) is 0 Å². The Morgan fingerprint density at radius 2 is 0.852 bits per heavy atom. The van der Waals surface area contributed by atoms with Crippen LogP contribution in [-0.2, 0) is 4.74 Å². The van der Waals surface area contributed by atoms with E-state index in [1.165, 1.54) is 109 Å². The molecule has 2 heteroatoms. The monoisotopic (exact) mass is 740 g/mol. The van der Waals surface area contributed by atoms with Gasteiger partial charge in [-0.15, -0.1) is 0 Å². The van der Waals surface area contributed by atoms with Crippen LogP contribution < -0.4 is 0 Å². The fourth-order valence-electron chi connectivity index (χ4n) is 19.4. The van der Waals surface area contributed by atoms with Crippen molar-refractivity contribution in [3.63, 3.8) is 0 Å². The highest BCUT2D eigenvalue weighted by Gasteiger charge is 2.58. The quantitative estimate of drug-likeness (QED) is 0.269. The summed E-state index contributed by atoms with van der Waals surface area (Å²) in [6.45, 7) is 0. The molecule has 304 valence electrons. The van der Waals surface area contributed by atoms with Crippen molar-refractivity contribution in [2.75, 3.05) is 0 Å². The topological polar surface area (TPSA) is 12.5 Å². The molecule has 11 aliphatic rings. The molecule has 11 rings (SSSR count). The van der Waals surface area contributed by atoms with E-state index in [1.54, 1.807) is 103 Å². The molecular formula is C52H85NO. The van der Waals surface area contributed by atoms with Gasteiger partial charge in [-0.1, -0.05) is 103 Å². The van der Waals surface area contributed by atoms with Gasteiger partial charge in [0.05, 0.1) is 12.2 Å². The van der Waals surface area contributed by atoms with Crippen molar-refractivity contribution in [1.29, 1.82) is 0 Å². The summed E-state index contributed by atoms with van der Waals surface area (Å²) in [4.78, 5) is 3.37. The van der Waals surface area contributed by atoms with Crippen LogP contribution in [-0.4, -0.2) is 35.2 Å². The molecule has 10 aliphatic carbocycles. The Kier molecular flexibility index (Phi) is 11.1. The number of nitrogens with zero attached hydrogens (tertiary/aromatic N) is 1. The molecule has 0 amide bonds. The zero-order valence-electron chi connectivity index (χ0n) is 35.2. The Morgan fingerprint density at radius 1 is 0.296 bits per heavy atom. The van der Waals surface area contributed by atoms with E-state index >= 15 is 0 Å². The summed E-state index contributed by atoms with van der Waals surface area (Å²) >= 11 is 0. The van der Waals surface area contributed by atoms with Crippen molar-refractivity contribution < 1.29 is 4.74 Å². The first-order chi connectivity index (χ1) is 26.8. The van der Waals surface area contributed by atoms with Crippen molar-refractivity contribution in [3.05, 3.63) is 0 Å². The molecule has 0 spiro atoms. The molecule has 0 radical (unpaired) electrons. The van der Waals surface area contributed by atoms with E-state index in [4.69, 9.17) is 4.74 Å². The molecule has 11 fully saturated rings. The molecular weight excluding hydrogens is 655 g/mol. The maximum Gasteiger partial charge on any atom is 0.0641 e. The highest BCUT2D eigenvalue weighted by atomic mass is 16.5. The molecule has 2 nitrogen and oxygen atoms in total. The van der Waals surface area contributed by atoms with Crippen molar-refractivity contribution >= 4 is 0 Å². The largest absolute Gasteiger partial charge is 0.374 e. The summed E-state index contributed by atoms with van der Waals surface area (Å²) in [5.74, 6) is 14.5. The molecule has 10 saturated carbocycles. The van der Waals surface area contributed by atoms with Crippen molar-refractivity contribution in [2.24, 2.45) is 82.9 Å². The van der Waals surface area contributed by atoms with Gasteiger partial charge in [0.2, 0.25) is 0 Å². The smallest absolute Gasteiger partial charge is 0.0641 e.